The Kier molecular flexibility index (Phi) is 26.6. The number of rotatable bonds is 32. The average Bonchev–Trinajstić information content (AvgIpc) is 3.84. The number of benzene rings is 1. The molecular formula is C46H71N9O17S. The molecule has 1 aliphatic rings. The summed E-state index contributed by atoms with van der Waals surface area (Å²) in [6, 6.07) is -7.29. The van der Waals surface area contributed by atoms with Crippen LogP contribution in [-0.2, 0) is 59.2 Å². The predicted octanol–water partition coefficient (Wildman–Crippen LogP) is -3.10. The summed E-state index contributed by atoms with van der Waals surface area (Å²) in [6.45, 7) is 4.31. The Morgan fingerprint density at radius 1 is 0.658 bits per heavy atom. The Labute approximate surface area is 426 Å². The van der Waals surface area contributed by atoms with Gasteiger partial charge in [-0.25, -0.2) is 4.79 Å². The number of nitrogens with two attached hydrogens (primary N) is 1. The molecule has 26 nitrogen and oxygen atoms in total. The Bertz CT molecular complexity index is 2100. The van der Waals surface area contributed by atoms with Crippen molar-refractivity contribution in [2.75, 3.05) is 31.8 Å². The third-order valence-electron chi connectivity index (χ3n) is 12.0. The molecule has 1 heterocycles. The Morgan fingerprint density at radius 2 is 1.11 bits per heavy atom. The van der Waals surface area contributed by atoms with Crippen LogP contribution in [0.2, 0.25) is 0 Å². The molecule has 8 amide bonds. The molecule has 0 unspecified atom stereocenters. The summed E-state index contributed by atoms with van der Waals surface area (Å²) >= 11 is 1.32. The van der Waals surface area contributed by atoms with E-state index < -0.39 is 170 Å². The van der Waals surface area contributed by atoms with Crippen LogP contribution in [0.1, 0.15) is 84.6 Å². The van der Waals surface area contributed by atoms with E-state index >= 15 is 0 Å². The van der Waals surface area contributed by atoms with E-state index in [0.29, 0.717) is 17.7 Å². The molecule has 0 bridgehead atoms. The molecule has 0 saturated carbocycles. The molecule has 1 aromatic rings. The lowest BCUT2D eigenvalue weighted by molar-refractivity contribution is -0.143. The number of carboxylic acids is 3. The number of nitrogens with zero attached hydrogens (tertiary/aromatic N) is 1. The summed E-state index contributed by atoms with van der Waals surface area (Å²) in [7, 11) is 0. The number of likely N-dealkylation sites (tertiary alicyclic amines) is 1. The molecule has 10 atom stereocenters. The zero-order chi connectivity index (χ0) is 55.1. The number of phenolic OH excluding ortho intramolecular Hbond substituents is 1. The lowest BCUT2D eigenvalue weighted by Gasteiger charge is -2.30. The van der Waals surface area contributed by atoms with Gasteiger partial charge in [0, 0.05) is 19.4 Å². The fraction of sp³-hybridized carbons (Fsp3) is 0.630. The van der Waals surface area contributed by atoms with Crippen molar-refractivity contribution in [2.24, 2.45) is 17.6 Å². The van der Waals surface area contributed by atoms with Gasteiger partial charge >= 0.3 is 17.9 Å². The molecule has 1 aromatic carbocycles. The molecule has 73 heavy (non-hydrogen) atoms. The normalized spacial score (nSPS) is 16.9. The first-order valence-electron chi connectivity index (χ1n) is 23.7. The minimum atomic E-state index is -1.82. The number of amides is 8. The van der Waals surface area contributed by atoms with Gasteiger partial charge in [0.15, 0.2) is 0 Å². The molecule has 1 saturated heterocycles. The fourth-order valence-electron chi connectivity index (χ4n) is 7.52. The zero-order valence-corrected chi connectivity index (χ0v) is 42.3. The third-order valence-corrected chi connectivity index (χ3v) is 12.6. The van der Waals surface area contributed by atoms with Crippen LogP contribution in [0.5, 0.6) is 5.75 Å². The molecule has 27 heteroatoms. The summed E-state index contributed by atoms with van der Waals surface area (Å²) in [4.78, 5) is 145. The third kappa shape index (κ3) is 20.5. The van der Waals surface area contributed by atoms with Crippen LogP contribution in [0.15, 0.2) is 24.3 Å². The van der Waals surface area contributed by atoms with Crippen molar-refractivity contribution in [2.45, 2.75) is 140 Å². The minimum absolute atomic E-state index is 0.00598. The average molecular weight is 1050 g/mol. The maximum absolute atomic E-state index is 13.9. The number of aromatic hydroxyl groups is 1. The van der Waals surface area contributed by atoms with Crippen molar-refractivity contribution < 1.29 is 83.4 Å². The molecular weight excluding hydrogens is 983 g/mol. The van der Waals surface area contributed by atoms with Gasteiger partial charge in [-0.15, -0.1) is 0 Å². The van der Waals surface area contributed by atoms with E-state index in [9.17, 15) is 83.4 Å². The number of aliphatic carboxylic acids is 3. The number of carboxylic acid groups (broad SMARTS) is 3. The van der Waals surface area contributed by atoms with Crippen molar-refractivity contribution in [1.29, 1.82) is 0 Å². The van der Waals surface area contributed by atoms with E-state index in [1.165, 1.54) is 35.7 Å². The largest absolute Gasteiger partial charge is 0.508 e. The Balaban J connectivity index is 2.28. The van der Waals surface area contributed by atoms with Crippen LogP contribution in [-0.4, -0.2) is 187 Å². The van der Waals surface area contributed by atoms with Gasteiger partial charge in [-0.1, -0.05) is 46.2 Å². The van der Waals surface area contributed by atoms with Gasteiger partial charge in [-0.2, -0.15) is 11.8 Å². The van der Waals surface area contributed by atoms with Gasteiger partial charge in [0.25, 0.3) is 0 Å². The van der Waals surface area contributed by atoms with Crippen LogP contribution in [0.4, 0.5) is 0 Å². The van der Waals surface area contributed by atoms with Crippen LogP contribution < -0.4 is 43.0 Å². The lowest BCUT2D eigenvalue weighted by atomic mass is 9.97. The molecule has 15 N–H and O–H groups in total. The highest BCUT2D eigenvalue weighted by Crippen LogP contribution is 2.21. The number of nitrogens with one attached hydrogen (secondary N) is 7. The maximum atomic E-state index is 13.9. The van der Waals surface area contributed by atoms with Gasteiger partial charge in [0.1, 0.15) is 54.1 Å². The van der Waals surface area contributed by atoms with E-state index in [2.05, 4.69) is 37.2 Å². The highest BCUT2D eigenvalue weighted by molar-refractivity contribution is 7.98. The fourth-order valence-corrected chi connectivity index (χ4v) is 8.00. The minimum Gasteiger partial charge on any atom is -0.508 e. The molecule has 0 aromatic heterocycles. The Hall–Kier alpha value is -6.58. The number of hydrogen-bond acceptors (Lipinski definition) is 16. The summed E-state index contributed by atoms with van der Waals surface area (Å²) in [6.07, 6.45) is 0.117. The van der Waals surface area contributed by atoms with Gasteiger partial charge in [0.2, 0.25) is 47.3 Å². The quantitative estimate of drug-likeness (QED) is 0.0340. The topological polar surface area (TPSA) is 423 Å². The first kappa shape index (κ1) is 62.5. The highest BCUT2D eigenvalue weighted by Gasteiger charge is 2.39. The summed E-state index contributed by atoms with van der Waals surface area (Å²) in [5.74, 6) is -12.8. The van der Waals surface area contributed by atoms with Gasteiger partial charge < -0.3 is 78.5 Å². The van der Waals surface area contributed by atoms with Crippen molar-refractivity contribution in [1.82, 2.24) is 42.1 Å². The van der Waals surface area contributed by atoms with Crippen LogP contribution in [0.3, 0.4) is 0 Å². The maximum Gasteiger partial charge on any atom is 0.326 e. The first-order chi connectivity index (χ1) is 34.4. The first-order valence-corrected chi connectivity index (χ1v) is 25.1. The summed E-state index contributed by atoms with van der Waals surface area (Å²) in [5, 5.41) is 74.8. The van der Waals surface area contributed by atoms with E-state index in [-0.39, 0.29) is 38.0 Å². The van der Waals surface area contributed by atoms with E-state index in [1.54, 1.807) is 39.2 Å². The van der Waals surface area contributed by atoms with Gasteiger partial charge in [0.05, 0.1) is 19.3 Å². The number of carbonyl (C=O) groups is 11. The van der Waals surface area contributed by atoms with Crippen molar-refractivity contribution in [3.8, 4) is 5.75 Å². The SMILES string of the molecule is CC[C@H](C)[C@H](NC(=O)[C@H](CCC(=O)O)NC(=O)[C@H](CCC(=O)O)NC(=O)[C@@H]1CCCN1C(=O)[C@@H](N)Cc1ccc(O)cc1)C(=O)N[C@@H](CO)C(=O)N[C@@H](CO)C(=O)N[C@@H](CCSC)C(=O)N[C@H](C(=O)O)C(C)C. The molecule has 0 radical (unpaired) electrons. The summed E-state index contributed by atoms with van der Waals surface area (Å²) < 4.78 is 0. The summed E-state index contributed by atoms with van der Waals surface area (Å²) in [5.41, 5.74) is 6.84. The molecule has 2 rings (SSSR count). The number of hydrogen-bond donors (Lipinski definition) is 14. The zero-order valence-electron chi connectivity index (χ0n) is 41.5. The lowest BCUT2D eigenvalue weighted by Crippen LogP contribution is -2.62. The number of carbonyl (C=O) groups excluding carboxylic acids is 8. The smallest absolute Gasteiger partial charge is 0.326 e. The van der Waals surface area contributed by atoms with Crippen LogP contribution in [0.25, 0.3) is 0 Å². The number of aliphatic hydroxyl groups excluding tert-OH is 2. The van der Waals surface area contributed by atoms with Crippen molar-refractivity contribution in [3.63, 3.8) is 0 Å². The van der Waals surface area contributed by atoms with Crippen molar-refractivity contribution >= 4 is 76.9 Å². The highest BCUT2D eigenvalue weighted by atomic mass is 32.2. The molecule has 1 aliphatic heterocycles. The molecule has 1 fully saturated rings. The van der Waals surface area contributed by atoms with Gasteiger partial charge in [-0.05, 0) is 80.1 Å². The molecule has 0 spiro atoms. The Morgan fingerprint density at radius 3 is 1.58 bits per heavy atom. The second-order valence-electron chi connectivity index (χ2n) is 17.9. The second kappa shape index (κ2) is 31.1. The van der Waals surface area contributed by atoms with E-state index in [1.807, 2.05) is 0 Å². The number of thioether (sulfide) groups is 1. The van der Waals surface area contributed by atoms with E-state index in [4.69, 9.17) is 5.73 Å². The standard InChI is InChI=1S/C46H71N9O17S/c1-6-24(4)37(44(69)52-32(22-57)42(67)51-31(21-56)41(66)49-30(17-19-73-5)40(65)53-36(23(2)3)46(71)72)54-39(64)29(14-16-35(61)62)48-38(63)28(13-15-34(59)60)50-43(68)33-8-7-18-55(33)45(70)27(47)20-25-9-11-26(58)12-10-25/h9-12,23-24,27-33,36-37,56-58H,6-8,13-22,47H2,1-5H3,(H,48,63)(H,49,66)(H,50,68)(H,51,67)(H,52,69)(H,53,65)(H,54,64)(H,59,60)(H,61,62)(H,71,72)/t24-,27-,28-,29-,30-,31-,32-,33-,36-,37-/m0/s1. The van der Waals surface area contributed by atoms with Gasteiger partial charge in [-0.3, -0.25) is 47.9 Å². The van der Waals surface area contributed by atoms with Crippen LogP contribution >= 0.6 is 11.8 Å². The number of aliphatic hydroxyl groups is 2. The molecule has 0 aliphatic carbocycles. The predicted molar refractivity (Wildman–Crippen MR) is 261 cm³/mol. The number of phenols is 1. The molecule has 408 valence electrons. The van der Waals surface area contributed by atoms with E-state index in [0.717, 1.165) is 0 Å². The monoisotopic (exact) mass is 1050 g/mol. The van der Waals surface area contributed by atoms with Crippen molar-refractivity contribution in [3.05, 3.63) is 29.8 Å². The van der Waals surface area contributed by atoms with Crippen LogP contribution in [0, 0.1) is 11.8 Å². The second-order valence-corrected chi connectivity index (χ2v) is 18.9.